The number of ether oxygens (including phenoxy) is 1. The third-order valence-corrected chi connectivity index (χ3v) is 4.02. The van der Waals surface area contributed by atoms with Crippen LogP contribution in [0.5, 0.6) is 0 Å². The van der Waals surface area contributed by atoms with Crippen molar-refractivity contribution in [3.05, 3.63) is 38.8 Å². The lowest BCUT2D eigenvalue weighted by Crippen LogP contribution is -2.42. The van der Waals surface area contributed by atoms with Gasteiger partial charge in [0.15, 0.2) is 0 Å². The van der Waals surface area contributed by atoms with Gasteiger partial charge in [-0.05, 0) is 38.8 Å². The average Bonchev–Trinajstić information content (AvgIpc) is 2.45. The van der Waals surface area contributed by atoms with Crippen molar-refractivity contribution in [3.8, 4) is 0 Å². The summed E-state index contributed by atoms with van der Waals surface area (Å²) in [6, 6.07) is 1.70. The second-order valence-corrected chi connectivity index (χ2v) is 6.99. The van der Waals surface area contributed by atoms with E-state index in [2.05, 4.69) is 9.97 Å². The molecule has 0 spiro atoms. The number of carbonyl (C=O) groups is 1. The van der Waals surface area contributed by atoms with Crippen molar-refractivity contribution in [2.24, 2.45) is 0 Å². The zero-order valence-corrected chi connectivity index (χ0v) is 14.0. The number of fused-ring (bicyclic) bond motifs is 3. The third-order valence-electron chi connectivity index (χ3n) is 3.70. The molecule has 0 radical (unpaired) electrons. The Morgan fingerprint density at radius 2 is 2.13 bits per heavy atom. The molecular weight excluding hydrogens is 318 g/mol. The number of pyridine rings is 2. The fraction of sp³-hybridized carbons (Fsp3) is 0.438. The van der Waals surface area contributed by atoms with Gasteiger partial charge in [-0.1, -0.05) is 11.6 Å². The van der Waals surface area contributed by atoms with E-state index in [0.29, 0.717) is 29.2 Å². The largest absolute Gasteiger partial charge is 0.444 e. The van der Waals surface area contributed by atoms with Crippen LogP contribution in [-0.2, 0) is 17.7 Å². The second-order valence-electron chi connectivity index (χ2n) is 6.58. The number of hydrogen-bond acceptors (Lipinski definition) is 4. The molecule has 0 atom stereocenters. The average molecular weight is 336 g/mol. The molecule has 3 heterocycles. The quantitative estimate of drug-likeness (QED) is 0.803. The number of amides is 1. The first-order valence-corrected chi connectivity index (χ1v) is 7.80. The van der Waals surface area contributed by atoms with Crippen molar-refractivity contribution in [2.75, 3.05) is 6.54 Å². The summed E-state index contributed by atoms with van der Waals surface area (Å²) in [5, 5.41) is 1.31. The number of nitrogens with one attached hydrogen (secondary N) is 1. The van der Waals surface area contributed by atoms with Gasteiger partial charge in [0.2, 0.25) is 0 Å². The first-order valence-electron chi connectivity index (χ1n) is 7.42. The standard InChI is InChI=1S/C16H18ClN3O3/c1-16(2,3)23-15(22)20-7-5-9-10(8-20)14(21)19-13-12(9)11(17)4-6-18-13/h4,6H,5,7-8H2,1-3H3,(H,18,19,21). The van der Waals surface area contributed by atoms with Crippen molar-refractivity contribution in [1.29, 1.82) is 0 Å². The molecule has 1 aliphatic heterocycles. The molecular formula is C16H18ClN3O3. The molecule has 0 saturated carbocycles. The normalized spacial score (nSPS) is 14.7. The number of hydrogen-bond donors (Lipinski definition) is 1. The van der Waals surface area contributed by atoms with Gasteiger partial charge < -0.3 is 14.6 Å². The van der Waals surface area contributed by atoms with Crippen molar-refractivity contribution < 1.29 is 9.53 Å². The minimum absolute atomic E-state index is 0.209. The Kier molecular flexibility index (Phi) is 3.80. The van der Waals surface area contributed by atoms with Crippen LogP contribution in [0.15, 0.2) is 17.1 Å². The molecule has 0 fully saturated rings. The molecule has 0 unspecified atom stereocenters. The first-order chi connectivity index (χ1) is 10.8. The van der Waals surface area contributed by atoms with Crippen molar-refractivity contribution in [3.63, 3.8) is 0 Å². The van der Waals surface area contributed by atoms with Crippen molar-refractivity contribution in [1.82, 2.24) is 14.9 Å². The van der Waals surface area contributed by atoms with Crippen molar-refractivity contribution in [2.45, 2.75) is 39.3 Å². The van der Waals surface area contributed by atoms with Gasteiger partial charge in [0.05, 0.1) is 11.6 Å². The summed E-state index contributed by atoms with van der Waals surface area (Å²) in [5.41, 5.74) is 1.08. The van der Waals surface area contributed by atoms with Crippen LogP contribution in [0, 0.1) is 0 Å². The lowest BCUT2D eigenvalue weighted by Gasteiger charge is -2.31. The predicted octanol–water partition coefficient (Wildman–Crippen LogP) is 2.87. The number of aromatic nitrogens is 2. The molecule has 1 aliphatic rings. The molecule has 0 aliphatic carbocycles. The first kappa shape index (κ1) is 15.8. The summed E-state index contributed by atoms with van der Waals surface area (Å²) in [6.45, 7) is 6.13. The Labute approximate surface area is 138 Å². The Bertz CT molecular complexity index is 839. The third kappa shape index (κ3) is 3.03. The number of aromatic amines is 1. The van der Waals surface area contributed by atoms with Crippen LogP contribution in [0.4, 0.5) is 4.79 Å². The predicted molar refractivity (Wildman–Crippen MR) is 87.7 cm³/mol. The number of halogens is 1. The summed E-state index contributed by atoms with van der Waals surface area (Å²) in [7, 11) is 0. The molecule has 1 amide bonds. The van der Waals surface area contributed by atoms with Crippen LogP contribution in [0.25, 0.3) is 11.0 Å². The number of rotatable bonds is 0. The Hall–Kier alpha value is -2.08. The Morgan fingerprint density at radius 1 is 1.39 bits per heavy atom. The van der Waals surface area contributed by atoms with Gasteiger partial charge in [0, 0.05) is 23.7 Å². The van der Waals surface area contributed by atoms with Crippen LogP contribution < -0.4 is 5.56 Å². The maximum absolute atomic E-state index is 12.3. The number of H-pyrrole nitrogens is 1. The monoisotopic (exact) mass is 335 g/mol. The van der Waals surface area contributed by atoms with E-state index in [1.165, 1.54) is 0 Å². The lowest BCUT2D eigenvalue weighted by molar-refractivity contribution is 0.0223. The molecule has 23 heavy (non-hydrogen) atoms. The number of nitrogens with zero attached hydrogens (tertiary/aromatic N) is 2. The zero-order valence-electron chi connectivity index (χ0n) is 13.3. The fourth-order valence-electron chi connectivity index (χ4n) is 2.73. The van der Waals surface area contributed by atoms with Gasteiger partial charge in [-0.2, -0.15) is 0 Å². The number of carbonyl (C=O) groups excluding carboxylic acids is 1. The molecule has 0 aromatic carbocycles. The van der Waals surface area contributed by atoms with E-state index in [1.54, 1.807) is 17.2 Å². The SMILES string of the molecule is CC(C)(C)OC(=O)N1CCc2c(c(=O)[nH]c3nccc(Cl)c23)C1. The zero-order chi connectivity index (χ0) is 16.8. The summed E-state index contributed by atoms with van der Waals surface area (Å²) >= 11 is 6.27. The van der Waals surface area contributed by atoms with E-state index < -0.39 is 11.7 Å². The van der Waals surface area contributed by atoms with Crippen LogP contribution in [0.2, 0.25) is 5.02 Å². The van der Waals surface area contributed by atoms with Crippen LogP contribution in [0.3, 0.4) is 0 Å². The van der Waals surface area contributed by atoms with E-state index in [4.69, 9.17) is 16.3 Å². The highest BCUT2D eigenvalue weighted by molar-refractivity contribution is 6.35. The molecule has 2 aromatic rings. The minimum Gasteiger partial charge on any atom is -0.444 e. The maximum Gasteiger partial charge on any atom is 0.410 e. The fourth-order valence-corrected chi connectivity index (χ4v) is 2.99. The summed E-state index contributed by atoms with van der Waals surface area (Å²) < 4.78 is 5.38. The minimum atomic E-state index is -0.569. The smallest absolute Gasteiger partial charge is 0.410 e. The Morgan fingerprint density at radius 3 is 2.83 bits per heavy atom. The van der Waals surface area contributed by atoms with Gasteiger partial charge in [-0.3, -0.25) is 4.79 Å². The Balaban J connectivity index is 2.00. The highest BCUT2D eigenvalue weighted by atomic mass is 35.5. The van der Waals surface area contributed by atoms with E-state index in [-0.39, 0.29) is 12.1 Å². The van der Waals surface area contributed by atoms with Gasteiger partial charge in [0.1, 0.15) is 11.2 Å². The second kappa shape index (κ2) is 5.53. The van der Waals surface area contributed by atoms with Gasteiger partial charge in [0.25, 0.3) is 5.56 Å². The molecule has 2 aromatic heterocycles. The lowest BCUT2D eigenvalue weighted by atomic mass is 9.98. The van der Waals surface area contributed by atoms with E-state index >= 15 is 0 Å². The summed E-state index contributed by atoms with van der Waals surface area (Å²) in [4.78, 5) is 33.0. The molecule has 7 heteroatoms. The van der Waals surface area contributed by atoms with Crippen LogP contribution in [-0.4, -0.2) is 33.1 Å². The summed E-state index contributed by atoms with van der Waals surface area (Å²) in [5.74, 6) is 0. The van der Waals surface area contributed by atoms with Gasteiger partial charge in [-0.15, -0.1) is 0 Å². The van der Waals surface area contributed by atoms with E-state index in [1.807, 2.05) is 20.8 Å². The van der Waals surface area contributed by atoms with Crippen molar-refractivity contribution >= 4 is 28.7 Å². The van der Waals surface area contributed by atoms with E-state index in [0.717, 1.165) is 10.9 Å². The molecule has 3 rings (SSSR count). The van der Waals surface area contributed by atoms with E-state index in [9.17, 15) is 9.59 Å². The molecule has 0 bridgehead atoms. The maximum atomic E-state index is 12.3. The topological polar surface area (TPSA) is 75.3 Å². The molecule has 0 saturated heterocycles. The molecule has 1 N–H and O–H groups in total. The van der Waals surface area contributed by atoms with Gasteiger partial charge >= 0.3 is 6.09 Å². The van der Waals surface area contributed by atoms with Crippen LogP contribution in [0.1, 0.15) is 31.9 Å². The highest BCUT2D eigenvalue weighted by Crippen LogP contribution is 2.28. The highest BCUT2D eigenvalue weighted by Gasteiger charge is 2.28. The summed E-state index contributed by atoms with van der Waals surface area (Å²) in [6.07, 6.45) is 1.68. The van der Waals surface area contributed by atoms with Crippen LogP contribution >= 0.6 is 11.6 Å². The molecule has 122 valence electrons. The molecule has 6 nitrogen and oxygen atoms in total. The van der Waals surface area contributed by atoms with Gasteiger partial charge in [-0.25, -0.2) is 9.78 Å².